The van der Waals surface area contributed by atoms with Crippen LogP contribution >= 0.6 is 0 Å². The van der Waals surface area contributed by atoms with Gasteiger partial charge in [-0.15, -0.1) is 20.5 Å². The van der Waals surface area contributed by atoms with E-state index in [1.165, 1.54) is 0 Å². The summed E-state index contributed by atoms with van der Waals surface area (Å²) in [6.07, 6.45) is 0. The average molecular weight is 774 g/mol. The molecule has 0 amide bonds. The summed E-state index contributed by atoms with van der Waals surface area (Å²) >= 11 is 0. The number of anilines is 4. The molecule has 4 aromatic rings. The number of nitriles is 1. The Morgan fingerprint density at radius 3 is 1.68 bits per heavy atom. The summed E-state index contributed by atoms with van der Waals surface area (Å²) < 4.78 is 0. The molecule has 0 aliphatic heterocycles. The van der Waals surface area contributed by atoms with E-state index in [4.69, 9.17) is 39.7 Å². The molecule has 25 heteroatoms. The van der Waals surface area contributed by atoms with Crippen molar-refractivity contribution in [2.45, 2.75) is 0 Å². The number of nitro groups is 2. The Labute approximate surface area is 307 Å². The smallest absolute Gasteiger partial charge is 0.506 e. The average Bonchev–Trinajstić information content (AvgIpc) is 3.10. The first-order chi connectivity index (χ1) is 24.8. The van der Waals surface area contributed by atoms with E-state index in [-0.39, 0.29) is 123 Å². The molecule has 2 aromatic heterocycles. The number of nitrogen functional groups attached to an aromatic ring is 2. The number of hydrogen-bond acceptors (Lipinski definition) is 19. The molecule has 12 N–H and O–H groups in total. The Balaban J connectivity index is 0.000000360. The topological polar surface area (TPSA) is 394 Å². The number of hydrogen-bond donors (Lipinski definition) is 8. The number of phenols is 2. The van der Waals surface area contributed by atoms with Crippen LogP contribution in [0.2, 0.25) is 0 Å². The molecule has 0 bridgehead atoms. The Morgan fingerprint density at radius 2 is 1.26 bits per heavy atom. The number of nitrogens with one attached hydrogen (secondary N) is 4. The maximum absolute atomic E-state index is 10.8. The van der Waals surface area contributed by atoms with Crippen molar-refractivity contribution in [1.29, 1.82) is 5.26 Å². The summed E-state index contributed by atoms with van der Waals surface area (Å²) in [5, 5.41) is 88.0. The number of benzene rings is 2. The second kappa shape index (κ2) is 19.1. The van der Waals surface area contributed by atoms with Gasteiger partial charge in [-0.05, 0) is 23.8 Å². The van der Waals surface area contributed by atoms with Gasteiger partial charge in [-0.2, -0.15) is 5.26 Å². The summed E-state index contributed by atoms with van der Waals surface area (Å²) in [6.45, 7) is 6.97. The van der Waals surface area contributed by atoms with Gasteiger partial charge in [-0.1, -0.05) is 0 Å². The first-order valence-electron chi connectivity index (χ1n) is 14.1. The van der Waals surface area contributed by atoms with E-state index in [0.29, 0.717) is 0 Å². The van der Waals surface area contributed by atoms with E-state index in [1.54, 1.807) is 0 Å². The predicted octanol–water partition coefficient (Wildman–Crippen LogP) is 5.98. The molecule has 275 valence electrons. The van der Waals surface area contributed by atoms with Gasteiger partial charge >= 0.3 is 16.8 Å². The monoisotopic (exact) mass is 773 g/mol. The molecule has 0 aliphatic rings. The fourth-order valence-electron chi connectivity index (χ4n) is 3.83. The summed E-state index contributed by atoms with van der Waals surface area (Å²) in [7, 11) is 0. The Kier molecular flexibility index (Phi) is 15.0. The molecule has 2 aromatic carbocycles. The molecule has 0 unspecified atom stereocenters. The minimum Gasteiger partial charge on any atom is -0.506 e. The Morgan fingerprint density at radius 1 is 0.830 bits per heavy atom. The molecular weight excluding hydrogens is 747 g/mol. The van der Waals surface area contributed by atoms with Crippen LogP contribution in [0.3, 0.4) is 0 Å². The molecule has 1 radical (unpaired) electrons. The Hall–Kier alpha value is -7.45. The number of phenolic OH excluding ortho intramolecular Hbond substituents is 2. The molecule has 0 aliphatic carbocycles. The number of nitrogens with two attached hydrogens (primary N) is 2. The summed E-state index contributed by atoms with van der Waals surface area (Å²) in [4.78, 5) is 31.2. The van der Waals surface area contributed by atoms with Gasteiger partial charge in [0, 0.05) is 49.0 Å². The van der Waals surface area contributed by atoms with Crippen LogP contribution < -0.4 is 22.1 Å². The zero-order chi connectivity index (χ0) is 38.5. The van der Waals surface area contributed by atoms with Gasteiger partial charge < -0.3 is 64.0 Å². The number of rotatable bonds is 12. The van der Waals surface area contributed by atoms with Crippen molar-refractivity contribution < 1.29 is 47.1 Å². The Bertz CT molecular complexity index is 2000. The van der Waals surface area contributed by atoms with E-state index < -0.39 is 21.5 Å². The van der Waals surface area contributed by atoms with Crippen LogP contribution in [0, 0.1) is 38.1 Å². The number of nitro benzene ring substituents is 2. The first kappa shape index (κ1) is 41.7. The van der Waals surface area contributed by atoms with Crippen LogP contribution in [0.1, 0.15) is 5.56 Å². The van der Waals surface area contributed by atoms with E-state index in [9.17, 15) is 35.7 Å². The van der Waals surface area contributed by atoms with Crippen LogP contribution in [0.5, 0.6) is 11.5 Å². The molecular formula is C28H26CoN16O8. The molecule has 0 fully saturated rings. The number of aliphatic hydroxyl groups excluding tert-OH is 2. The van der Waals surface area contributed by atoms with E-state index >= 15 is 0 Å². The van der Waals surface area contributed by atoms with Gasteiger partial charge in [0.1, 0.15) is 34.6 Å². The predicted molar refractivity (Wildman–Crippen MR) is 185 cm³/mol. The van der Waals surface area contributed by atoms with E-state index in [1.807, 2.05) is 6.07 Å². The van der Waals surface area contributed by atoms with Gasteiger partial charge in [-0.25, -0.2) is 4.85 Å². The third-order valence-electron chi connectivity index (χ3n) is 6.28. The number of aromatic nitrogens is 2. The maximum Gasteiger partial charge on any atom is 2.00 e. The second-order valence-electron chi connectivity index (χ2n) is 9.65. The SMILES string of the molecule is N#Cc1c(NCCO)nc([NH-])c(N=Nc2cc([N+](=O)[O-])ccc2O)c1N.[C-]#[N+]c1c(NCCO)nc([NH-])c(N=Nc2cc([N+](=O)[O-])ccc2O)c1N.[Co+2]. The third kappa shape index (κ3) is 10.3. The molecule has 0 saturated heterocycles. The molecule has 24 nitrogen and oxygen atoms in total. The van der Waals surface area contributed by atoms with Crippen LogP contribution in [0.4, 0.5) is 74.5 Å². The van der Waals surface area contributed by atoms with Gasteiger partial charge in [-0.3, -0.25) is 20.2 Å². The van der Waals surface area contributed by atoms with Gasteiger partial charge in [0.15, 0.2) is 0 Å². The molecule has 0 spiro atoms. The fraction of sp³-hybridized carbons (Fsp3) is 0.143. The number of aromatic hydroxyl groups is 2. The minimum absolute atomic E-state index is 0. The largest absolute Gasteiger partial charge is 2.00 e. The van der Waals surface area contributed by atoms with Crippen LogP contribution in [0.15, 0.2) is 56.9 Å². The van der Waals surface area contributed by atoms with Gasteiger partial charge in [0.25, 0.3) is 11.4 Å². The minimum atomic E-state index is -0.667. The van der Waals surface area contributed by atoms with Crippen LogP contribution in [-0.2, 0) is 16.8 Å². The fourth-order valence-corrected chi connectivity index (χ4v) is 3.83. The number of azo groups is 2. The van der Waals surface area contributed by atoms with E-state index in [2.05, 4.69) is 45.9 Å². The standard InChI is InChI=1S/2C14H13N8O4.Co/c1-17-12-10(15)11(13(16)19-14(12)18-4-5-23)21-20-8-6-7(22(25)26)2-3-9(8)24;15-6-8-11(16)12(13(17)19-14(8)18-3-4-23)21-20-9-5-7(22(25)26)1-2-10(9)24;/h2-3,6,23H,4-5H2,(H5-,15,16,18,19,20,21,24);1-2,5,23H,3-4H2,(H5-,16,17,18,19,20,21,24);/q2*-1;+2. The van der Waals surface area contributed by atoms with Crippen molar-refractivity contribution in [2.24, 2.45) is 20.5 Å². The third-order valence-corrected chi connectivity index (χ3v) is 6.28. The number of aliphatic hydroxyl groups is 2. The number of pyridine rings is 2. The quantitative estimate of drug-likeness (QED) is 0.0355. The van der Waals surface area contributed by atoms with Crippen molar-refractivity contribution in [2.75, 3.05) is 48.4 Å². The molecule has 0 saturated carbocycles. The van der Waals surface area contributed by atoms with Crippen LogP contribution in [-0.4, -0.2) is 66.5 Å². The molecule has 0 atom stereocenters. The second-order valence-corrected chi connectivity index (χ2v) is 9.65. The van der Waals surface area contributed by atoms with Gasteiger partial charge in [0.05, 0.1) is 52.3 Å². The van der Waals surface area contributed by atoms with E-state index in [0.717, 1.165) is 36.4 Å². The summed E-state index contributed by atoms with van der Waals surface area (Å²) in [5.41, 5.74) is 25.4. The number of nitrogens with zero attached hydrogens (tertiary/aromatic N) is 10. The van der Waals surface area contributed by atoms with Gasteiger partial charge in [0.2, 0.25) is 5.69 Å². The van der Waals surface area contributed by atoms with Crippen molar-refractivity contribution in [3.8, 4) is 17.6 Å². The maximum atomic E-state index is 10.8. The van der Waals surface area contributed by atoms with Crippen LogP contribution in [0.25, 0.3) is 16.3 Å². The van der Waals surface area contributed by atoms with Crippen molar-refractivity contribution in [3.05, 3.63) is 85.1 Å². The van der Waals surface area contributed by atoms with Crippen molar-refractivity contribution in [3.63, 3.8) is 0 Å². The molecule has 53 heavy (non-hydrogen) atoms. The van der Waals surface area contributed by atoms with Crippen molar-refractivity contribution >= 4 is 74.5 Å². The normalized spacial score (nSPS) is 10.4. The molecule has 4 rings (SSSR count). The zero-order valence-corrected chi connectivity index (χ0v) is 27.7. The molecule has 2 heterocycles. The zero-order valence-electron chi connectivity index (χ0n) is 26.7. The summed E-state index contributed by atoms with van der Waals surface area (Å²) in [5.74, 6) is -1.49. The number of non-ortho nitro benzene ring substituents is 2. The first-order valence-corrected chi connectivity index (χ1v) is 14.1. The summed E-state index contributed by atoms with van der Waals surface area (Å²) in [6, 6.07) is 8.17. The van der Waals surface area contributed by atoms with Crippen molar-refractivity contribution in [1.82, 2.24) is 9.97 Å².